The van der Waals surface area contributed by atoms with Gasteiger partial charge in [-0.2, -0.15) is 0 Å². The molecule has 0 saturated heterocycles. The molecule has 0 aliphatic carbocycles. The van der Waals surface area contributed by atoms with Crippen LogP contribution in [-0.4, -0.2) is 13.0 Å². The highest BCUT2D eigenvalue weighted by Gasteiger charge is 2.12. The molecule has 0 aliphatic rings. The lowest BCUT2D eigenvalue weighted by Crippen LogP contribution is -2.13. The number of rotatable bonds is 6. The van der Waals surface area contributed by atoms with E-state index in [1.54, 1.807) is 25.3 Å². The summed E-state index contributed by atoms with van der Waals surface area (Å²) in [6.07, 6.45) is 0. The SMILES string of the molecule is COc1cc(C(=O)Nc2ccccc2C)ccc1OCc1ccccc1. The van der Waals surface area contributed by atoms with Crippen molar-refractivity contribution in [2.24, 2.45) is 0 Å². The highest BCUT2D eigenvalue weighted by Crippen LogP contribution is 2.29. The first-order valence-electron chi connectivity index (χ1n) is 8.39. The van der Waals surface area contributed by atoms with Crippen molar-refractivity contribution in [2.45, 2.75) is 13.5 Å². The zero-order valence-corrected chi connectivity index (χ0v) is 14.9. The number of para-hydroxylation sites is 1. The van der Waals surface area contributed by atoms with E-state index in [0.717, 1.165) is 16.8 Å². The Morgan fingerprint density at radius 1 is 0.923 bits per heavy atom. The molecule has 3 aromatic carbocycles. The quantitative estimate of drug-likeness (QED) is 0.694. The van der Waals surface area contributed by atoms with Gasteiger partial charge in [-0.1, -0.05) is 48.5 Å². The van der Waals surface area contributed by atoms with Gasteiger partial charge in [0.15, 0.2) is 11.5 Å². The standard InChI is InChI=1S/C22H21NO3/c1-16-8-6-7-11-19(16)23-22(24)18-12-13-20(21(14-18)25-2)26-15-17-9-4-3-5-10-17/h3-14H,15H2,1-2H3,(H,23,24). The smallest absolute Gasteiger partial charge is 0.255 e. The van der Waals surface area contributed by atoms with E-state index < -0.39 is 0 Å². The number of ether oxygens (including phenoxy) is 2. The van der Waals surface area contributed by atoms with E-state index in [2.05, 4.69) is 5.32 Å². The van der Waals surface area contributed by atoms with E-state index in [4.69, 9.17) is 9.47 Å². The Morgan fingerprint density at radius 2 is 1.65 bits per heavy atom. The lowest BCUT2D eigenvalue weighted by Gasteiger charge is -2.13. The summed E-state index contributed by atoms with van der Waals surface area (Å²) in [7, 11) is 1.56. The number of carbonyl (C=O) groups is 1. The van der Waals surface area contributed by atoms with Gasteiger partial charge in [0, 0.05) is 11.3 Å². The number of carbonyl (C=O) groups excluding carboxylic acids is 1. The number of anilines is 1. The molecule has 0 saturated carbocycles. The maximum absolute atomic E-state index is 12.5. The fourth-order valence-corrected chi connectivity index (χ4v) is 2.57. The second kappa shape index (κ2) is 8.21. The summed E-state index contributed by atoms with van der Waals surface area (Å²) >= 11 is 0. The molecule has 1 amide bonds. The van der Waals surface area contributed by atoms with Crippen LogP contribution in [0.25, 0.3) is 0 Å². The largest absolute Gasteiger partial charge is 0.493 e. The van der Waals surface area contributed by atoms with Gasteiger partial charge in [-0.15, -0.1) is 0 Å². The lowest BCUT2D eigenvalue weighted by atomic mass is 10.1. The minimum atomic E-state index is -0.188. The Balaban J connectivity index is 1.73. The number of hydrogen-bond donors (Lipinski definition) is 1. The molecule has 0 aromatic heterocycles. The molecule has 1 N–H and O–H groups in total. The van der Waals surface area contributed by atoms with E-state index in [1.807, 2.05) is 61.5 Å². The minimum absolute atomic E-state index is 0.188. The van der Waals surface area contributed by atoms with E-state index in [9.17, 15) is 4.79 Å². The summed E-state index contributed by atoms with van der Waals surface area (Å²) in [4.78, 5) is 12.5. The van der Waals surface area contributed by atoms with Crippen molar-refractivity contribution in [2.75, 3.05) is 12.4 Å². The van der Waals surface area contributed by atoms with Gasteiger partial charge in [0.1, 0.15) is 6.61 Å². The molecule has 0 unspecified atom stereocenters. The molecule has 0 atom stereocenters. The molecule has 0 bridgehead atoms. The molecule has 0 aliphatic heterocycles. The number of methoxy groups -OCH3 is 1. The zero-order valence-electron chi connectivity index (χ0n) is 14.9. The normalized spacial score (nSPS) is 10.2. The van der Waals surface area contributed by atoms with Gasteiger partial charge in [-0.05, 0) is 42.3 Å². The Morgan fingerprint density at radius 3 is 2.38 bits per heavy atom. The summed E-state index contributed by atoms with van der Waals surface area (Å²) in [5.41, 5.74) is 3.38. The second-order valence-electron chi connectivity index (χ2n) is 5.91. The summed E-state index contributed by atoms with van der Waals surface area (Å²) in [5, 5.41) is 2.92. The van der Waals surface area contributed by atoms with Crippen molar-refractivity contribution in [1.82, 2.24) is 0 Å². The predicted octanol–water partition coefficient (Wildman–Crippen LogP) is 4.83. The maximum Gasteiger partial charge on any atom is 0.255 e. The Labute approximate surface area is 153 Å². The first-order valence-corrected chi connectivity index (χ1v) is 8.39. The highest BCUT2D eigenvalue weighted by atomic mass is 16.5. The molecule has 4 heteroatoms. The Bertz CT molecular complexity index is 891. The second-order valence-corrected chi connectivity index (χ2v) is 5.91. The van der Waals surface area contributed by atoms with Crippen LogP contribution in [0.4, 0.5) is 5.69 Å². The third-order valence-electron chi connectivity index (χ3n) is 4.06. The molecule has 0 spiro atoms. The molecular formula is C22H21NO3. The van der Waals surface area contributed by atoms with Crippen LogP contribution in [0.5, 0.6) is 11.5 Å². The molecule has 0 fully saturated rings. The van der Waals surface area contributed by atoms with Gasteiger partial charge in [0.25, 0.3) is 5.91 Å². The van der Waals surface area contributed by atoms with Gasteiger partial charge in [-0.25, -0.2) is 0 Å². The number of hydrogen-bond acceptors (Lipinski definition) is 3. The zero-order chi connectivity index (χ0) is 18.4. The van der Waals surface area contributed by atoms with Gasteiger partial charge in [0.05, 0.1) is 7.11 Å². The average Bonchev–Trinajstić information content (AvgIpc) is 2.68. The summed E-state index contributed by atoms with van der Waals surface area (Å²) in [6, 6.07) is 22.7. The van der Waals surface area contributed by atoms with E-state index >= 15 is 0 Å². The van der Waals surface area contributed by atoms with Crippen LogP contribution in [-0.2, 0) is 6.61 Å². The molecule has 3 rings (SSSR count). The third-order valence-corrected chi connectivity index (χ3v) is 4.06. The van der Waals surface area contributed by atoms with Gasteiger partial charge in [0.2, 0.25) is 0 Å². The first kappa shape index (κ1) is 17.5. The number of nitrogens with one attached hydrogen (secondary N) is 1. The van der Waals surface area contributed by atoms with Crippen molar-refractivity contribution >= 4 is 11.6 Å². The lowest BCUT2D eigenvalue weighted by molar-refractivity contribution is 0.102. The van der Waals surface area contributed by atoms with Crippen LogP contribution in [0.3, 0.4) is 0 Å². The van der Waals surface area contributed by atoms with Gasteiger partial charge < -0.3 is 14.8 Å². The summed E-state index contributed by atoms with van der Waals surface area (Å²) in [6.45, 7) is 2.39. The third kappa shape index (κ3) is 4.22. The van der Waals surface area contributed by atoms with Crippen LogP contribution in [0.15, 0.2) is 72.8 Å². The van der Waals surface area contributed by atoms with E-state index in [-0.39, 0.29) is 5.91 Å². The molecule has 0 heterocycles. The predicted molar refractivity (Wildman–Crippen MR) is 103 cm³/mol. The van der Waals surface area contributed by atoms with Crippen LogP contribution < -0.4 is 14.8 Å². The van der Waals surface area contributed by atoms with E-state index in [1.165, 1.54) is 0 Å². The van der Waals surface area contributed by atoms with Crippen molar-refractivity contribution in [3.05, 3.63) is 89.5 Å². The Kier molecular flexibility index (Phi) is 5.54. The van der Waals surface area contributed by atoms with Gasteiger partial charge in [-0.3, -0.25) is 4.79 Å². The molecule has 3 aromatic rings. The number of amides is 1. The van der Waals surface area contributed by atoms with Crippen LogP contribution in [0, 0.1) is 6.92 Å². The van der Waals surface area contributed by atoms with Crippen molar-refractivity contribution in [1.29, 1.82) is 0 Å². The van der Waals surface area contributed by atoms with Crippen molar-refractivity contribution in [3.63, 3.8) is 0 Å². The summed E-state index contributed by atoms with van der Waals surface area (Å²) in [5.74, 6) is 0.939. The van der Waals surface area contributed by atoms with Crippen LogP contribution in [0.1, 0.15) is 21.5 Å². The van der Waals surface area contributed by atoms with Crippen LogP contribution in [0.2, 0.25) is 0 Å². The fourth-order valence-electron chi connectivity index (χ4n) is 2.57. The molecule has 4 nitrogen and oxygen atoms in total. The molecule has 0 radical (unpaired) electrons. The van der Waals surface area contributed by atoms with Crippen LogP contribution >= 0.6 is 0 Å². The maximum atomic E-state index is 12.5. The number of benzene rings is 3. The minimum Gasteiger partial charge on any atom is -0.493 e. The van der Waals surface area contributed by atoms with Gasteiger partial charge >= 0.3 is 0 Å². The van der Waals surface area contributed by atoms with Crippen molar-refractivity contribution < 1.29 is 14.3 Å². The first-order chi connectivity index (χ1) is 12.7. The monoisotopic (exact) mass is 347 g/mol. The fraction of sp³-hybridized carbons (Fsp3) is 0.136. The molecular weight excluding hydrogens is 326 g/mol. The summed E-state index contributed by atoms with van der Waals surface area (Å²) < 4.78 is 11.2. The van der Waals surface area contributed by atoms with E-state index in [0.29, 0.717) is 23.7 Å². The number of aryl methyl sites for hydroxylation is 1. The molecule has 26 heavy (non-hydrogen) atoms. The highest BCUT2D eigenvalue weighted by molar-refractivity contribution is 6.05. The molecule has 132 valence electrons. The van der Waals surface area contributed by atoms with Crippen molar-refractivity contribution in [3.8, 4) is 11.5 Å². The average molecular weight is 347 g/mol. The Hall–Kier alpha value is -3.27. The topological polar surface area (TPSA) is 47.6 Å².